The van der Waals surface area contributed by atoms with Crippen LogP contribution in [0.15, 0.2) is 42.6 Å². The van der Waals surface area contributed by atoms with Gasteiger partial charge in [0.1, 0.15) is 0 Å². The predicted molar refractivity (Wildman–Crippen MR) is 63.6 cm³/mol. The van der Waals surface area contributed by atoms with Gasteiger partial charge < -0.3 is 5.32 Å². The summed E-state index contributed by atoms with van der Waals surface area (Å²) in [6, 6.07) is 6.67. The second-order valence-electron chi connectivity index (χ2n) is 3.87. The smallest absolute Gasteiger partial charge is 0.321 e. The lowest BCUT2D eigenvalue weighted by atomic mass is 10.1. The third kappa shape index (κ3) is 3.11. The molecule has 1 aromatic heterocycles. The Morgan fingerprint density at radius 1 is 1.10 bits per heavy atom. The van der Waals surface area contributed by atoms with Crippen molar-refractivity contribution in [2.24, 2.45) is 0 Å². The molecule has 0 saturated carbocycles. The first-order valence-corrected chi connectivity index (χ1v) is 5.47. The van der Waals surface area contributed by atoms with Crippen molar-refractivity contribution < 1.29 is 22.4 Å². The topological polar surface area (TPSA) is 42.0 Å². The van der Waals surface area contributed by atoms with Crippen LogP contribution in [0.2, 0.25) is 0 Å². The second-order valence-corrected chi connectivity index (χ2v) is 3.87. The number of hydrogen-bond acceptors (Lipinski definition) is 2. The number of rotatable bonds is 2. The number of alkyl halides is 3. The number of aromatic nitrogens is 1. The molecule has 0 saturated heterocycles. The molecule has 0 fully saturated rings. The van der Waals surface area contributed by atoms with E-state index < -0.39 is 23.6 Å². The average molecular weight is 284 g/mol. The summed E-state index contributed by atoms with van der Waals surface area (Å²) in [5.74, 6) is -1.58. The van der Waals surface area contributed by atoms with E-state index in [2.05, 4.69) is 10.3 Å². The molecule has 0 radical (unpaired) electrons. The molecule has 7 heteroatoms. The van der Waals surface area contributed by atoms with Gasteiger partial charge in [0.15, 0.2) is 0 Å². The van der Waals surface area contributed by atoms with Gasteiger partial charge in [-0.3, -0.25) is 4.79 Å². The van der Waals surface area contributed by atoms with E-state index in [-0.39, 0.29) is 11.3 Å². The van der Waals surface area contributed by atoms with E-state index in [1.807, 2.05) is 0 Å². The second kappa shape index (κ2) is 5.28. The van der Waals surface area contributed by atoms with Crippen molar-refractivity contribution in [2.75, 3.05) is 5.32 Å². The maximum absolute atomic E-state index is 12.7. The minimum Gasteiger partial charge on any atom is -0.321 e. The summed E-state index contributed by atoms with van der Waals surface area (Å²) in [5.41, 5.74) is -1.36. The third-order valence-electron chi connectivity index (χ3n) is 2.47. The van der Waals surface area contributed by atoms with E-state index in [1.165, 1.54) is 12.1 Å². The number of carbonyl (C=O) groups is 1. The van der Waals surface area contributed by atoms with Crippen molar-refractivity contribution in [2.45, 2.75) is 6.18 Å². The van der Waals surface area contributed by atoms with Crippen molar-refractivity contribution in [1.29, 1.82) is 0 Å². The number of para-hydroxylation sites is 1. The van der Waals surface area contributed by atoms with Crippen molar-refractivity contribution in [3.05, 3.63) is 59.7 Å². The first-order valence-electron chi connectivity index (χ1n) is 5.47. The lowest BCUT2D eigenvalue weighted by molar-refractivity contribution is -0.136. The van der Waals surface area contributed by atoms with Gasteiger partial charge in [0.2, 0.25) is 5.95 Å². The summed E-state index contributed by atoms with van der Waals surface area (Å²) in [4.78, 5) is 15.0. The van der Waals surface area contributed by atoms with Gasteiger partial charge in [-0.25, -0.2) is 4.98 Å². The fraction of sp³-hybridized carbons (Fsp3) is 0.0769. The lowest BCUT2D eigenvalue weighted by Gasteiger charge is -2.13. The minimum absolute atomic E-state index is 0.0385. The van der Waals surface area contributed by atoms with Crippen LogP contribution in [0.5, 0.6) is 0 Å². The van der Waals surface area contributed by atoms with Gasteiger partial charge in [-0.05, 0) is 24.3 Å². The normalized spacial score (nSPS) is 11.2. The Kier molecular flexibility index (Phi) is 3.69. The number of nitrogens with zero attached hydrogens (tertiary/aromatic N) is 1. The Hall–Kier alpha value is -2.44. The number of anilines is 1. The van der Waals surface area contributed by atoms with Crippen LogP contribution < -0.4 is 5.32 Å². The fourth-order valence-electron chi connectivity index (χ4n) is 1.54. The molecule has 0 aliphatic rings. The van der Waals surface area contributed by atoms with Crippen LogP contribution in [-0.4, -0.2) is 10.9 Å². The summed E-state index contributed by atoms with van der Waals surface area (Å²) >= 11 is 0. The molecule has 3 nitrogen and oxygen atoms in total. The standard InChI is InChI=1S/C13H8F4N2O/c14-11-6-5-8(7-18-11)12(20)19-10-4-2-1-3-9(10)13(15,16)17/h1-7H,(H,19,20). The van der Waals surface area contributed by atoms with Gasteiger partial charge in [-0.1, -0.05) is 12.1 Å². The van der Waals surface area contributed by atoms with E-state index in [0.717, 1.165) is 30.5 Å². The van der Waals surface area contributed by atoms with Crippen LogP contribution in [0, 0.1) is 5.95 Å². The molecule has 1 aromatic carbocycles. The quantitative estimate of drug-likeness (QED) is 0.677. The number of benzene rings is 1. The third-order valence-corrected chi connectivity index (χ3v) is 2.47. The SMILES string of the molecule is O=C(Nc1ccccc1C(F)(F)F)c1ccc(F)nc1. The van der Waals surface area contributed by atoms with Gasteiger partial charge in [-0.15, -0.1) is 0 Å². The Labute approximate surface area is 111 Å². The molecule has 0 aliphatic carbocycles. The molecule has 1 N–H and O–H groups in total. The molecule has 104 valence electrons. The van der Waals surface area contributed by atoms with E-state index in [4.69, 9.17) is 0 Å². The van der Waals surface area contributed by atoms with Crippen molar-refractivity contribution in [3.8, 4) is 0 Å². The highest BCUT2D eigenvalue weighted by molar-refractivity contribution is 6.04. The molecular weight excluding hydrogens is 276 g/mol. The summed E-state index contributed by atoms with van der Waals surface area (Å²) < 4.78 is 50.8. The molecule has 20 heavy (non-hydrogen) atoms. The van der Waals surface area contributed by atoms with Gasteiger partial charge >= 0.3 is 6.18 Å². The first kappa shape index (κ1) is 14.0. The Morgan fingerprint density at radius 3 is 2.40 bits per heavy atom. The molecular formula is C13H8F4N2O. The summed E-state index contributed by atoms with van der Waals surface area (Å²) in [7, 11) is 0. The molecule has 0 unspecified atom stereocenters. The van der Waals surface area contributed by atoms with E-state index in [9.17, 15) is 22.4 Å². The van der Waals surface area contributed by atoms with Gasteiger partial charge in [0, 0.05) is 6.20 Å². The zero-order valence-corrected chi connectivity index (χ0v) is 9.91. The molecule has 0 aliphatic heterocycles. The molecule has 2 rings (SSSR count). The van der Waals surface area contributed by atoms with Crippen molar-refractivity contribution in [3.63, 3.8) is 0 Å². The van der Waals surface area contributed by atoms with Crippen LogP contribution in [0.1, 0.15) is 15.9 Å². The summed E-state index contributed by atoms with van der Waals surface area (Å²) in [6.07, 6.45) is -3.63. The van der Waals surface area contributed by atoms with Crippen LogP contribution in [0.4, 0.5) is 23.2 Å². The van der Waals surface area contributed by atoms with Crippen LogP contribution >= 0.6 is 0 Å². The van der Waals surface area contributed by atoms with Crippen LogP contribution in [-0.2, 0) is 6.18 Å². The molecule has 1 amide bonds. The lowest BCUT2D eigenvalue weighted by Crippen LogP contribution is -2.16. The monoisotopic (exact) mass is 284 g/mol. The number of hydrogen-bond donors (Lipinski definition) is 1. The molecule has 1 heterocycles. The van der Waals surface area contributed by atoms with Crippen LogP contribution in [0.25, 0.3) is 0 Å². The number of carbonyl (C=O) groups excluding carboxylic acids is 1. The van der Waals surface area contributed by atoms with Crippen LogP contribution in [0.3, 0.4) is 0 Å². The van der Waals surface area contributed by atoms with Crippen molar-refractivity contribution in [1.82, 2.24) is 4.98 Å². The maximum Gasteiger partial charge on any atom is 0.418 e. The number of halogens is 4. The highest BCUT2D eigenvalue weighted by atomic mass is 19.4. The Balaban J connectivity index is 2.26. The predicted octanol–water partition coefficient (Wildman–Crippen LogP) is 3.49. The van der Waals surface area contributed by atoms with Crippen molar-refractivity contribution >= 4 is 11.6 Å². The molecule has 0 bridgehead atoms. The summed E-state index contributed by atoms with van der Waals surface area (Å²) in [5, 5.41) is 2.13. The van der Waals surface area contributed by atoms with E-state index in [0.29, 0.717) is 0 Å². The zero-order valence-electron chi connectivity index (χ0n) is 9.91. The highest BCUT2D eigenvalue weighted by Crippen LogP contribution is 2.34. The van der Waals surface area contributed by atoms with Gasteiger partial charge in [0.05, 0.1) is 16.8 Å². The minimum atomic E-state index is -4.58. The maximum atomic E-state index is 12.7. The average Bonchev–Trinajstić information content (AvgIpc) is 2.38. The summed E-state index contributed by atoms with van der Waals surface area (Å²) in [6.45, 7) is 0. The van der Waals surface area contributed by atoms with E-state index >= 15 is 0 Å². The number of amides is 1. The largest absolute Gasteiger partial charge is 0.418 e. The molecule has 0 atom stereocenters. The zero-order chi connectivity index (χ0) is 14.8. The highest BCUT2D eigenvalue weighted by Gasteiger charge is 2.33. The van der Waals surface area contributed by atoms with E-state index in [1.54, 1.807) is 0 Å². The molecule has 2 aromatic rings. The molecule has 0 spiro atoms. The number of nitrogens with one attached hydrogen (secondary N) is 1. The van der Waals surface area contributed by atoms with Gasteiger partial charge in [0.25, 0.3) is 5.91 Å². The fourth-order valence-corrected chi connectivity index (χ4v) is 1.54. The van der Waals surface area contributed by atoms with Gasteiger partial charge in [-0.2, -0.15) is 17.6 Å². The first-order chi connectivity index (χ1) is 9.38. The Morgan fingerprint density at radius 2 is 1.80 bits per heavy atom. The number of pyridine rings is 1. The Bertz CT molecular complexity index is 623.